The molecule has 0 saturated carbocycles. The molecule has 0 aliphatic rings. The van der Waals surface area contributed by atoms with E-state index in [4.69, 9.17) is 4.52 Å². The molecule has 2 aromatic heterocycles. The lowest BCUT2D eigenvalue weighted by Crippen LogP contribution is -2.16. The Kier molecular flexibility index (Phi) is 5.98. The van der Waals surface area contributed by atoms with E-state index in [0.717, 1.165) is 16.8 Å². The molecule has 152 valence electrons. The van der Waals surface area contributed by atoms with Crippen LogP contribution in [0.25, 0.3) is 0 Å². The SMILES string of the molecule is Cc1cc(NC(=O)CCc2nc(Cc3ccccc3)no2)n(Cc2ccccc2)n1. The molecule has 0 atom stereocenters. The normalized spacial score (nSPS) is 10.8. The van der Waals surface area contributed by atoms with E-state index >= 15 is 0 Å². The van der Waals surface area contributed by atoms with Crippen LogP contribution in [0.1, 0.15) is 35.0 Å². The molecule has 4 rings (SSSR count). The second-order valence-corrected chi connectivity index (χ2v) is 7.13. The number of anilines is 1. The third-order valence-corrected chi connectivity index (χ3v) is 4.63. The Morgan fingerprint density at radius 2 is 1.73 bits per heavy atom. The molecule has 2 heterocycles. The Morgan fingerprint density at radius 3 is 2.47 bits per heavy atom. The second kappa shape index (κ2) is 9.17. The van der Waals surface area contributed by atoms with Crippen molar-refractivity contribution in [2.45, 2.75) is 32.7 Å². The first kappa shape index (κ1) is 19.6. The highest BCUT2D eigenvalue weighted by molar-refractivity contribution is 5.90. The average Bonchev–Trinajstić information content (AvgIpc) is 3.34. The number of amides is 1. The number of aryl methyl sites for hydroxylation is 2. The second-order valence-electron chi connectivity index (χ2n) is 7.13. The van der Waals surface area contributed by atoms with Crippen LogP contribution in [-0.2, 0) is 24.2 Å². The van der Waals surface area contributed by atoms with Gasteiger partial charge in [0.25, 0.3) is 0 Å². The van der Waals surface area contributed by atoms with E-state index in [0.29, 0.717) is 36.9 Å². The molecule has 30 heavy (non-hydrogen) atoms. The molecule has 1 amide bonds. The van der Waals surface area contributed by atoms with E-state index in [1.165, 1.54) is 0 Å². The number of carbonyl (C=O) groups excluding carboxylic acids is 1. The average molecular weight is 401 g/mol. The van der Waals surface area contributed by atoms with E-state index in [2.05, 4.69) is 20.6 Å². The molecule has 0 bridgehead atoms. The molecular weight excluding hydrogens is 378 g/mol. The summed E-state index contributed by atoms with van der Waals surface area (Å²) < 4.78 is 7.08. The monoisotopic (exact) mass is 401 g/mol. The summed E-state index contributed by atoms with van der Waals surface area (Å²) in [4.78, 5) is 16.8. The van der Waals surface area contributed by atoms with Gasteiger partial charge in [-0.15, -0.1) is 0 Å². The van der Waals surface area contributed by atoms with Gasteiger partial charge in [-0.2, -0.15) is 10.1 Å². The van der Waals surface area contributed by atoms with Crippen molar-refractivity contribution in [1.29, 1.82) is 0 Å². The lowest BCUT2D eigenvalue weighted by molar-refractivity contribution is -0.116. The fourth-order valence-electron chi connectivity index (χ4n) is 3.19. The molecule has 1 N–H and O–H groups in total. The number of benzene rings is 2. The fourth-order valence-corrected chi connectivity index (χ4v) is 3.19. The first-order valence-electron chi connectivity index (χ1n) is 9.89. The Bertz CT molecular complexity index is 1100. The van der Waals surface area contributed by atoms with Crippen LogP contribution in [0.4, 0.5) is 5.82 Å². The van der Waals surface area contributed by atoms with Crippen LogP contribution in [0.3, 0.4) is 0 Å². The van der Waals surface area contributed by atoms with E-state index in [-0.39, 0.29) is 12.3 Å². The van der Waals surface area contributed by atoms with Crippen LogP contribution in [0.2, 0.25) is 0 Å². The molecule has 0 unspecified atom stereocenters. The number of nitrogens with zero attached hydrogens (tertiary/aromatic N) is 4. The predicted octanol–water partition coefficient (Wildman–Crippen LogP) is 3.78. The topological polar surface area (TPSA) is 85.8 Å². The minimum absolute atomic E-state index is 0.118. The lowest BCUT2D eigenvalue weighted by atomic mass is 10.1. The van der Waals surface area contributed by atoms with Crippen LogP contribution in [0, 0.1) is 6.92 Å². The lowest BCUT2D eigenvalue weighted by Gasteiger charge is -2.08. The zero-order chi connectivity index (χ0) is 20.8. The van der Waals surface area contributed by atoms with Gasteiger partial charge in [-0.1, -0.05) is 65.8 Å². The summed E-state index contributed by atoms with van der Waals surface area (Å²) in [5.41, 5.74) is 3.08. The Morgan fingerprint density at radius 1 is 1.03 bits per heavy atom. The van der Waals surface area contributed by atoms with E-state index in [9.17, 15) is 4.79 Å². The number of rotatable bonds is 8. The molecule has 2 aromatic carbocycles. The molecular formula is C23H23N5O2. The maximum atomic E-state index is 12.5. The summed E-state index contributed by atoms with van der Waals surface area (Å²) in [5, 5.41) is 11.4. The van der Waals surface area contributed by atoms with Crippen molar-refractivity contribution in [1.82, 2.24) is 19.9 Å². The van der Waals surface area contributed by atoms with Crippen molar-refractivity contribution in [2.24, 2.45) is 0 Å². The Balaban J connectivity index is 1.32. The van der Waals surface area contributed by atoms with Gasteiger partial charge in [0.05, 0.1) is 12.2 Å². The van der Waals surface area contributed by atoms with E-state index in [1.807, 2.05) is 73.7 Å². The van der Waals surface area contributed by atoms with Crippen LogP contribution in [-0.4, -0.2) is 25.8 Å². The zero-order valence-corrected chi connectivity index (χ0v) is 16.8. The predicted molar refractivity (Wildman–Crippen MR) is 113 cm³/mol. The van der Waals surface area contributed by atoms with Gasteiger partial charge in [0.1, 0.15) is 5.82 Å². The van der Waals surface area contributed by atoms with Crippen LogP contribution >= 0.6 is 0 Å². The number of carbonyl (C=O) groups is 1. The standard InChI is InChI=1S/C23H23N5O2/c1-17-14-21(28(26-17)16-19-10-6-3-7-11-19)25-22(29)12-13-23-24-20(27-30-23)15-18-8-4-2-5-9-18/h2-11,14H,12-13,15-16H2,1H3,(H,25,29). The molecule has 0 saturated heterocycles. The van der Waals surface area contributed by atoms with Crippen LogP contribution in [0.15, 0.2) is 71.3 Å². The van der Waals surface area contributed by atoms with Gasteiger partial charge in [-0.25, -0.2) is 4.68 Å². The van der Waals surface area contributed by atoms with Crippen molar-refractivity contribution in [2.75, 3.05) is 5.32 Å². The Hall–Kier alpha value is -3.74. The highest BCUT2D eigenvalue weighted by Crippen LogP contribution is 2.14. The molecule has 0 fully saturated rings. The van der Waals surface area contributed by atoms with Crippen LogP contribution in [0.5, 0.6) is 0 Å². The van der Waals surface area contributed by atoms with Gasteiger partial charge >= 0.3 is 0 Å². The molecule has 0 spiro atoms. The molecule has 7 nitrogen and oxygen atoms in total. The van der Waals surface area contributed by atoms with E-state index in [1.54, 1.807) is 4.68 Å². The summed E-state index contributed by atoms with van der Waals surface area (Å²) in [5.74, 6) is 1.64. The van der Waals surface area contributed by atoms with Crippen molar-refractivity contribution in [3.63, 3.8) is 0 Å². The summed E-state index contributed by atoms with van der Waals surface area (Å²) >= 11 is 0. The van der Waals surface area contributed by atoms with Gasteiger partial charge in [0.2, 0.25) is 11.8 Å². The fraction of sp³-hybridized carbons (Fsp3) is 0.217. The van der Waals surface area contributed by atoms with Gasteiger partial charge in [0, 0.05) is 25.3 Å². The minimum atomic E-state index is -0.118. The molecule has 7 heteroatoms. The van der Waals surface area contributed by atoms with Gasteiger partial charge in [-0.05, 0) is 18.1 Å². The molecule has 0 aliphatic heterocycles. The van der Waals surface area contributed by atoms with Gasteiger partial charge in [-0.3, -0.25) is 4.79 Å². The third-order valence-electron chi connectivity index (χ3n) is 4.63. The van der Waals surface area contributed by atoms with Crippen molar-refractivity contribution >= 4 is 11.7 Å². The quantitative estimate of drug-likeness (QED) is 0.486. The number of nitrogens with one attached hydrogen (secondary N) is 1. The third kappa shape index (κ3) is 5.20. The van der Waals surface area contributed by atoms with Crippen molar-refractivity contribution in [3.8, 4) is 0 Å². The van der Waals surface area contributed by atoms with Gasteiger partial charge < -0.3 is 9.84 Å². The largest absolute Gasteiger partial charge is 0.339 e. The van der Waals surface area contributed by atoms with Crippen molar-refractivity contribution in [3.05, 3.63) is 95.3 Å². The summed E-state index contributed by atoms with van der Waals surface area (Å²) in [6.07, 6.45) is 1.25. The number of aromatic nitrogens is 4. The summed E-state index contributed by atoms with van der Waals surface area (Å²) in [6.45, 7) is 2.50. The highest BCUT2D eigenvalue weighted by atomic mass is 16.5. The Labute approximate surface area is 174 Å². The first-order valence-corrected chi connectivity index (χ1v) is 9.89. The maximum Gasteiger partial charge on any atom is 0.227 e. The molecule has 0 aliphatic carbocycles. The molecule has 4 aromatic rings. The first-order chi connectivity index (χ1) is 14.7. The summed E-state index contributed by atoms with van der Waals surface area (Å²) in [6, 6.07) is 21.8. The highest BCUT2D eigenvalue weighted by Gasteiger charge is 2.13. The number of hydrogen-bond acceptors (Lipinski definition) is 5. The van der Waals surface area contributed by atoms with Gasteiger partial charge in [0.15, 0.2) is 5.82 Å². The number of hydrogen-bond donors (Lipinski definition) is 1. The minimum Gasteiger partial charge on any atom is -0.339 e. The van der Waals surface area contributed by atoms with E-state index < -0.39 is 0 Å². The van der Waals surface area contributed by atoms with Crippen LogP contribution < -0.4 is 5.32 Å². The van der Waals surface area contributed by atoms with Crippen molar-refractivity contribution < 1.29 is 9.32 Å². The maximum absolute atomic E-state index is 12.5. The summed E-state index contributed by atoms with van der Waals surface area (Å²) in [7, 11) is 0. The zero-order valence-electron chi connectivity index (χ0n) is 16.8. The smallest absolute Gasteiger partial charge is 0.227 e. The molecule has 0 radical (unpaired) electrons.